The lowest BCUT2D eigenvalue weighted by atomic mass is 10.1. The van der Waals surface area contributed by atoms with E-state index in [-0.39, 0.29) is 0 Å². The summed E-state index contributed by atoms with van der Waals surface area (Å²) in [5.74, 6) is 1.87. The van der Waals surface area contributed by atoms with Crippen LogP contribution in [0.25, 0.3) is 0 Å². The summed E-state index contributed by atoms with van der Waals surface area (Å²) < 4.78 is 5.75. The predicted octanol–water partition coefficient (Wildman–Crippen LogP) is 2.53. The number of ether oxygens (including phenoxy) is 1. The molecule has 4 heteroatoms. The van der Waals surface area contributed by atoms with Gasteiger partial charge in [-0.2, -0.15) is 0 Å². The Balaban J connectivity index is 1.84. The maximum atomic E-state index is 9.53. The minimum atomic E-state index is -0.482. The van der Waals surface area contributed by atoms with Gasteiger partial charge >= 0.3 is 0 Å². The molecule has 2 heterocycles. The third-order valence-corrected chi connectivity index (χ3v) is 3.53. The topological polar surface area (TPSA) is 45.6 Å². The van der Waals surface area contributed by atoms with E-state index >= 15 is 0 Å². The van der Waals surface area contributed by atoms with E-state index in [9.17, 15) is 5.11 Å². The molecule has 0 amide bonds. The number of anilines is 1. The summed E-state index contributed by atoms with van der Waals surface area (Å²) in [7, 11) is 0. The van der Waals surface area contributed by atoms with Crippen molar-refractivity contribution in [2.45, 2.75) is 19.6 Å². The van der Waals surface area contributed by atoms with Gasteiger partial charge in [-0.05, 0) is 24.6 Å². The van der Waals surface area contributed by atoms with Crippen LogP contribution in [0.15, 0.2) is 42.6 Å². The molecule has 1 aliphatic heterocycles. The fourth-order valence-electron chi connectivity index (χ4n) is 2.35. The van der Waals surface area contributed by atoms with Crippen LogP contribution in [0.3, 0.4) is 0 Å². The molecule has 3 rings (SSSR count). The molecule has 1 aromatic carbocycles. The zero-order valence-corrected chi connectivity index (χ0v) is 11.5. The zero-order valence-electron chi connectivity index (χ0n) is 11.5. The average Bonchev–Trinajstić information content (AvgIpc) is 2.69. The Morgan fingerprint density at radius 1 is 1.25 bits per heavy atom. The highest BCUT2D eigenvalue weighted by molar-refractivity contribution is 5.44. The summed E-state index contributed by atoms with van der Waals surface area (Å²) in [6.07, 6.45) is 1.25. The summed E-state index contributed by atoms with van der Waals surface area (Å²) in [5, 5.41) is 9.53. The van der Waals surface area contributed by atoms with E-state index < -0.39 is 6.10 Å². The van der Waals surface area contributed by atoms with Crippen molar-refractivity contribution in [3.8, 4) is 5.75 Å². The Morgan fingerprint density at radius 3 is 2.85 bits per heavy atom. The Morgan fingerprint density at radius 2 is 2.10 bits per heavy atom. The number of fused-ring (bicyclic) bond motifs is 1. The first-order valence-electron chi connectivity index (χ1n) is 6.84. The molecule has 1 atom stereocenters. The maximum Gasteiger partial charge on any atom is 0.128 e. The number of hydrogen-bond donors (Lipinski definition) is 1. The summed E-state index contributed by atoms with van der Waals surface area (Å²) >= 11 is 0. The lowest BCUT2D eigenvalue weighted by Crippen LogP contribution is -2.26. The van der Waals surface area contributed by atoms with Gasteiger partial charge in [-0.3, -0.25) is 0 Å². The van der Waals surface area contributed by atoms with Gasteiger partial charge in [0.25, 0.3) is 0 Å². The second kappa shape index (κ2) is 5.51. The monoisotopic (exact) mass is 270 g/mol. The largest absolute Gasteiger partial charge is 0.491 e. The van der Waals surface area contributed by atoms with Crippen LogP contribution in [0.5, 0.6) is 5.75 Å². The van der Waals surface area contributed by atoms with Crippen molar-refractivity contribution in [2.24, 2.45) is 0 Å². The van der Waals surface area contributed by atoms with E-state index in [1.807, 2.05) is 30.3 Å². The van der Waals surface area contributed by atoms with Gasteiger partial charge in [0, 0.05) is 18.3 Å². The number of nitrogens with zero attached hydrogens (tertiary/aromatic N) is 2. The smallest absolute Gasteiger partial charge is 0.128 e. The number of aliphatic hydroxyl groups excluding tert-OH is 1. The molecule has 0 radical (unpaired) electrons. The molecular weight excluding hydrogens is 252 g/mol. The summed E-state index contributed by atoms with van der Waals surface area (Å²) in [6.45, 7) is 3.98. The Kier molecular flexibility index (Phi) is 3.56. The van der Waals surface area contributed by atoms with Gasteiger partial charge in [-0.25, -0.2) is 4.98 Å². The number of rotatable bonds is 2. The number of pyridine rings is 1. The highest BCUT2D eigenvalue weighted by Crippen LogP contribution is 2.25. The number of aliphatic hydroxyl groups is 1. The molecule has 1 aromatic heterocycles. The van der Waals surface area contributed by atoms with Crippen molar-refractivity contribution >= 4 is 5.82 Å². The van der Waals surface area contributed by atoms with Crippen LogP contribution in [-0.4, -0.2) is 23.2 Å². The molecule has 1 aliphatic rings. The molecule has 0 spiro atoms. The summed E-state index contributed by atoms with van der Waals surface area (Å²) in [4.78, 5) is 6.64. The van der Waals surface area contributed by atoms with Crippen molar-refractivity contribution in [3.05, 3.63) is 53.7 Å². The van der Waals surface area contributed by atoms with Crippen LogP contribution in [0, 0.1) is 0 Å². The highest BCUT2D eigenvalue weighted by atomic mass is 16.5. The molecule has 20 heavy (non-hydrogen) atoms. The maximum absolute atomic E-state index is 9.53. The molecule has 0 saturated heterocycles. The van der Waals surface area contributed by atoms with Crippen LogP contribution in [-0.2, 0) is 6.54 Å². The van der Waals surface area contributed by atoms with E-state index in [1.165, 1.54) is 5.56 Å². The van der Waals surface area contributed by atoms with Crippen molar-refractivity contribution in [3.63, 3.8) is 0 Å². The fourth-order valence-corrected chi connectivity index (χ4v) is 2.35. The van der Waals surface area contributed by atoms with E-state index in [2.05, 4.69) is 16.0 Å². The van der Waals surface area contributed by atoms with Gasteiger partial charge in [0.15, 0.2) is 0 Å². The normalized spacial score (nSPS) is 16.0. The Bertz CT molecular complexity index is 581. The SMILES string of the molecule is C[C@@H](O)c1ccc(N2CCOc3ccccc3C2)nc1. The molecule has 0 aliphatic carbocycles. The van der Waals surface area contributed by atoms with Crippen molar-refractivity contribution in [2.75, 3.05) is 18.1 Å². The van der Waals surface area contributed by atoms with Crippen LogP contribution in [0.2, 0.25) is 0 Å². The lowest BCUT2D eigenvalue weighted by molar-refractivity contribution is 0.199. The molecule has 104 valence electrons. The second-order valence-electron chi connectivity index (χ2n) is 5.00. The zero-order chi connectivity index (χ0) is 13.9. The standard InChI is InChI=1S/C16H18N2O2/c1-12(19)13-6-7-16(17-10-13)18-8-9-20-15-5-3-2-4-14(15)11-18/h2-7,10,12,19H,8-9,11H2,1H3/t12-/m1/s1. The molecule has 0 fully saturated rings. The average molecular weight is 270 g/mol. The van der Waals surface area contributed by atoms with Gasteiger partial charge in [0.2, 0.25) is 0 Å². The Labute approximate surface area is 118 Å². The molecule has 0 saturated carbocycles. The van der Waals surface area contributed by atoms with Crippen molar-refractivity contribution in [1.29, 1.82) is 0 Å². The minimum Gasteiger partial charge on any atom is -0.491 e. The highest BCUT2D eigenvalue weighted by Gasteiger charge is 2.16. The third kappa shape index (κ3) is 2.60. The predicted molar refractivity (Wildman–Crippen MR) is 77.9 cm³/mol. The van der Waals surface area contributed by atoms with Crippen LogP contribution < -0.4 is 9.64 Å². The summed E-state index contributed by atoms with van der Waals surface area (Å²) in [5.41, 5.74) is 2.01. The van der Waals surface area contributed by atoms with Gasteiger partial charge < -0.3 is 14.7 Å². The fraction of sp³-hybridized carbons (Fsp3) is 0.312. The van der Waals surface area contributed by atoms with E-state index in [1.54, 1.807) is 13.1 Å². The van der Waals surface area contributed by atoms with E-state index in [4.69, 9.17) is 4.74 Å². The number of aromatic nitrogens is 1. The van der Waals surface area contributed by atoms with Gasteiger partial charge in [-0.15, -0.1) is 0 Å². The first-order valence-corrected chi connectivity index (χ1v) is 6.84. The third-order valence-electron chi connectivity index (χ3n) is 3.53. The molecular formula is C16H18N2O2. The van der Waals surface area contributed by atoms with E-state index in [0.717, 1.165) is 30.2 Å². The minimum absolute atomic E-state index is 0.482. The number of benzene rings is 1. The van der Waals surface area contributed by atoms with Gasteiger partial charge in [0.05, 0.1) is 12.6 Å². The van der Waals surface area contributed by atoms with Crippen LogP contribution >= 0.6 is 0 Å². The number of para-hydroxylation sites is 1. The Hall–Kier alpha value is -2.07. The molecule has 0 unspecified atom stereocenters. The molecule has 4 nitrogen and oxygen atoms in total. The van der Waals surface area contributed by atoms with Crippen molar-refractivity contribution < 1.29 is 9.84 Å². The number of hydrogen-bond acceptors (Lipinski definition) is 4. The summed E-state index contributed by atoms with van der Waals surface area (Å²) in [6, 6.07) is 12.0. The first kappa shape index (κ1) is 12.9. The van der Waals surface area contributed by atoms with Crippen LogP contribution in [0.4, 0.5) is 5.82 Å². The van der Waals surface area contributed by atoms with Gasteiger partial charge in [0.1, 0.15) is 18.2 Å². The van der Waals surface area contributed by atoms with E-state index in [0.29, 0.717) is 6.61 Å². The quantitative estimate of drug-likeness (QED) is 0.911. The molecule has 2 aromatic rings. The first-order chi connectivity index (χ1) is 9.74. The van der Waals surface area contributed by atoms with Gasteiger partial charge in [-0.1, -0.05) is 24.3 Å². The van der Waals surface area contributed by atoms with Crippen molar-refractivity contribution in [1.82, 2.24) is 4.98 Å². The van der Waals surface area contributed by atoms with Crippen LogP contribution in [0.1, 0.15) is 24.2 Å². The molecule has 1 N–H and O–H groups in total. The molecule has 0 bridgehead atoms. The second-order valence-corrected chi connectivity index (χ2v) is 5.00. The lowest BCUT2D eigenvalue weighted by Gasteiger charge is -2.21.